The topological polar surface area (TPSA) is 26.3 Å². The highest BCUT2D eigenvalue weighted by Crippen LogP contribution is 2.11. The normalized spacial score (nSPS) is 11.3. The molecule has 2 nitrogen and oxygen atoms in total. The van der Waals surface area contributed by atoms with Gasteiger partial charge in [0.05, 0.1) is 20.7 Å². The first-order valence-corrected chi connectivity index (χ1v) is 8.25. The molecule has 0 atom stereocenters. The van der Waals surface area contributed by atoms with Crippen LogP contribution < -0.4 is 5.19 Å². The lowest BCUT2D eigenvalue weighted by atomic mass is 10.2. The first kappa shape index (κ1) is 11.9. The van der Waals surface area contributed by atoms with Gasteiger partial charge in [0.25, 0.3) is 0 Å². The van der Waals surface area contributed by atoms with Crippen LogP contribution in [0.25, 0.3) is 0 Å². The van der Waals surface area contributed by atoms with Gasteiger partial charge in [0, 0.05) is 0 Å². The third-order valence-electron chi connectivity index (χ3n) is 2.21. The van der Waals surface area contributed by atoms with Gasteiger partial charge in [-0.1, -0.05) is 31.8 Å². The fourth-order valence-electron chi connectivity index (χ4n) is 1.38. The number of esters is 1. The second kappa shape index (κ2) is 4.14. The summed E-state index contributed by atoms with van der Waals surface area (Å²) in [6.07, 6.45) is 0. The maximum Gasteiger partial charge on any atom is 0.340 e. The lowest BCUT2D eigenvalue weighted by molar-refractivity contribution is 0.0596. The van der Waals surface area contributed by atoms with Crippen molar-refractivity contribution in [2.75, 3.05) is 7.11 Å². The molecular formula is C11H15FO2Si. The van der Waals surface area contributed by atoms with Crippen LogP contribution in [0.5, 0.6) is 0 Å². The molecule has 0 unspecified atom stereocenters. The SMILES string of the molecule is COC(=O)c1cccc([Si](C)(C)C)c1F. The van der Waals surface area contributed by atoms with Gasteiger partial charge in [0.1, 0.15) is 5.82 Å². The summed E-state index contributed by atoms with van der Waals surface area (Å²) in [5.41, 5.74) is 0.0254. The molecule has 0 aliphatic heterocycles. The predicted octanol–water partition coefficient (Wildman–Crippen LogP) is 2.16. The van der Waals surface area contributed by atoms with E-state index in [1.54, 1.807) is 12.1 Å². The molecular weight excluding hydrogens is 211 g/mol. The number of benzene rings is 1. The molecule has 0 saturated carbocycles. The van der Waals surface area contributed by atoms with Crippen molar-refractivity contribution in [3.8, 4) is 0 Å². The van der Waals surface area contributed by atoms with Gasteiger partial charge in [0.15, 0.2) is 0 Å². The highest BCUT2D eigenvalue weighted by molar-refractivity contribution is 6.88. The maximum atomic E-state index is 13.9. The van der Waals surface area contributed by atoms with Gasteiger partial charge in [-0.3, -0.25) is 0 Å². The molecule has 0 aliphatic rings. The number of ether oxygens (including phenoxy) is 1. The molecule has 0 bridgehead atoms. The van der Waals surface area contributed by atoms with Gasteiger partial charge >= 0.3 is 5.97 Å². The third kappa shape index (κ3) is 2.44. The fourth-order valence-corrected chi connectivity index (χ4v) is 2.77. The summed E-state index contributed by atoms with van der Waals surface area (Å²) in [6, 6.07) is 4.89. The molecule has 82 valence electrons. The fraction of sp³-hybridized carbons (Fsp3) is 0.364. The van der Waals surface area contributed by atoms with E-state index in [4.69, 9.17) is 0 Å². The zero-order chi connectivity index (χ0) is 11.6. The van der Waals surface area contributed by atoms with Crippen molar-refractivity contribution in [3.05, 3.63) is 29.6 Å². The Kier molecular flexibility index (Phi) is 3.29. The molecule has 15 heavy (non-hydrogen) atoms. The second-order valence-electron chi connectivity index (χ2n) is 4.41. The Morgan fingerprint density at radius 3 is 2.40 bits per heavy atom. The van der Waals surface area contributed by atoms with Crippen LogP contribution in [-0.4, -0.2) is 21.2 Å². The largest absolute Gasteiger partial charge is 0.465 e. The summed E-state index contributed by atoms with van der Waals surface area (Å²) < 4.78 is 18.5. The lowest BCUT2D eigenvalue weighted by Gasteiger charge is -2.18. The molecule has 1 aromatic rings. The summed E-state index contributed by atoms with van der Waals surface area (Å²) in [5, 5.41) is 0.658. The number of rotatable bonds is 2. The molecule has 0 aliphatic carbocycles. The molecule has 0 amide bonds. The van der Waals surface area contributed by atoms with Gasteiger partial charge < -0.3 is 4.74 Å². The molecule has 4 heteroatoms. The van der Waals surface area contributed by atoms with Crippen LogP contribution in [0.15, 0.2) is 18.2 Å². The molecule has 0 fully saturated rings. The maximum absolute atomic E-state index is 13.9. The molecule has 1 rings (SSSR count). The highest BCUT2D eigenvalue weighted by Gasteiger charge is 2.24. The Morgan fingerprint density at radius 1 is 1.33 bits per heavy atom. The number of halogens is 1. The van der Waals surface area contributed by atoms with Crippen molar-refractivity contribution in [1.82, 2.24) is 0 Å². The van der Waals surface area contributed by atoms with Gasteiger partial charge in [-0.25, -0.2) is 9.18 Å². The summed E-state index contributed by atoms with van der Waals surface area (Å²) >= 11 is 0. The predicted molar refractivity (Wildman–Crippen MR) is 60.7 cm³/mol. The van der Waals surface area contributed by atoms with Crippen LogP contribution >= 0.6 is 0 Å². The van der Waals surface area contributed by atoms with Crippen molar-refractivity contribution in [2.45, 2.75) is 19.6 Å². The van der Waals surface area contributed by atoms with E-state index in [0.717, 1.165) is 0 Å². The van der Waals surface area contributed by atoms with E-state index in [2.05, 4.69) is 4.74 Å². The van der Waals surface area contributed by atoms with E-state index >= 15 is 0 Å². The number of carbonyl (C=O) groups is 1. The number of hydrogen-bond acceptors (Lipinski definition) is 2. The zero-order valence-corrected chi connectivity index (χ0v) is 10.4. The summed E-state index contributed by atoms with van der Waals surface area (Å²) in [6.45, 7) is 6.10. The number of hydrogen-bond donors (Lipinski definition) is 0. The lowest BCUT2D eigenvalue weighted by Crippen LogP contribution is -2.40. The van der Waals surface area contributed by atoms with Gasteiger partial charge in [-0.05, 0) is 11.3 Å². The minimum atomic E-state index is -1.75. The Bertz CT molecular complexity index is 383. The van der Waals surface area contributed by atoms with E-state index in [1.807, 2.05) is 19.6 Å². The molecule has 0 spiro atoms. The van der Waals surface area contributed by atoms with E-state index in [1.165, 1.54) is 13.2 Å². The summed E-state index contributed by atoms with van der Waals surface area (Å²) in [5.74, 6) is -1.05. The smallest absolute Gasteiger partial charge is 0.340 e. The quantitative estimate of drug-likeness (QED) is 0.570. The van der Waals surface area contributed by atoms with Crippen LogP contribution in [0.1, 0.15) is 10.4 Å². The first-order chi connectivity index (χ1) is 6.88. The first-order valence-electron chi connectivity index (χ1n) is 4.75. The molecule has 0 radical (unpaired) electrons. The molecule has 0 aromatic heterocycles. The Morgan fingerprint density at radius 2 is 1.93 bits per heavy atom. The van der Waals surface area contributed by atoms with E-state index in [-0.39, 0.29) is 5.56 Å². The van der Waals surface area contributed by atoms with Crippen LogP contribution in [0.4, 0.5) is 4.39 Å². The zero-order valence-electron chi connectivity index (χ0n) is 9.43. The Hall–Kier alpha value is -1.16. The molecule has 1 aromatic carbocycles. The van der Waals surface area contributed by atoms with Crippen LogP contribution in [-0.2, 0) is 4.74 Å². The molecule has 0 heterocycles. The van der Waals surface area contributed by atoms with Crippen molar-refractivity contribution in [2.24, 2.45) is 0 Å². The molecule has 0 saturated heterocycles. The average Bonchev–Trinajstić information content (AvgIpc) is 2.15. The summed E-state index contributed by atoms with van der Waals surface area (Å²) in [7, 11) is -0.498. The minimum absolute atomic E-state index is 0.0254. The van der Waals surface area contributed by atoms with Gasteiger partial charge in [-0.15, -0.1) is 0 Å². The van der Waals surface area contributed by atoms with Crippen LogP contribution in [0.3, 0.4) is 0 Å². The second-order valence-corrected chi connectivity index (χ2v) is 9.45. The van der Waals surface area contributed by atoms with Crippen LogP contribution in [0, 0.1) is 5.82 Å². The number of carbonyl (C=O) groups excluding carboxylic acids is 1. The molecule has 0 N–H and O–H groups in total. The van der Waals surface area contributed by atoms with Crippen molar-refractivity contribution in [3.63, 3.8) is 0 Å². The summed E-state index contributed by atoms with van der Waals surface area (Å²) in [4.78, 5) is 11.3. The van der Waals surface area contributed by atoms with Crippen molar-refractivity contribution in [1.29, 1.82) is 0 Å². The van der Waals surface area contributed by atoms with Gasteiger partial charge in [0.2, 0.25) is 0 Å². The van der Waals surface area contributed by atoms with E-state index < -0.39 is 19.9 Å². The minimum Gasteiger partial charge on any atom is -0.465 e. The van der Waals surface area contributed by atoms with E-state index in [9.17, 15) is 9.18 Å². The third-order valence-corrected chi connectivity index (χ3v) is 4.21. The van der Waals surface area contributed by atoms with E-state index in [0.29, 0.717) is 5.19 Å². The van der Waals surface area contributed by atoms with Crippen LogP contribution in [0.2, 0.25) is 19.6 Å². The average molecular weight is 226 g/mol. The van der Waals surface area contributed by atoms with Crippen molar-refractivity contribution >= 4 is 19.2 Å². The number of methoxy groups -OCH3 is 1. The van der Waals surface area contributed by atoms with Gasteiger partial charge in [-0.2, -0.15) is 0 Å². The Balaban J connectivity index is 3.30. The van der Waals surface area contributed by atoms with Crippen molar-refractivity contribution < 1.29 is 13.9 Å². The highest BCUT2D eigenvalue weighted by atomic mass is 28.3. The Labute approximate surface area is 90.1 Å². The monoisotopic (exact) mass is 226 g/mol. The standard InChI is InChI=1S/C11H15FO2Si/c1-14-11(13)8-6-5-7-9(10(8)12)15(2,3)4/h5-7H,1-4H3.